The summed E-state index contributed by atoms with van der Waals surface area (Å²) >= 11 is 0. The minimum atomic E-state index is -0.755. The van der Waals surface area contributed by atoms with Crippen LogP contribution in [0, 0.1) is 5.92 Å². The van der Waals surface area contributed by atoms with Gasteiger partial charge >= 0.3 is 5.97 Å². The summed E-state index contributed by atoms with van der Waals surface area (Å²) in [7, 11) is 0. The van der Waals surface area contributed by atoms with Crippen LogP contribution in [0.1, 0.15) is 37.2 Å². The van der Waals surface area contributed by atoms with Crippen molar-refractivity contribution in [3.8, 4) is 0 Å². The van der Waals surface area contributed by atoms with Gasteiger partial charge in [-0.2, -0.15) is 0 Å². The summed E-state index contributed by atoms with van der Waals surface area (Å²) in [4.78, 5) is 42.7. The molecule has 0 radical (unpaired) electrons. The molecule has 0 N–H and O–H groups in total. The number of fused-ring (bicyclic) bond motifs is 1. The van der Waals surface area contributed by atoms with Crippen molar-refractivity contribution >= 4 is 23.0 Å². The lowest BCUT2D eigenvalue weighted by molar-refractivity contribution is -0.133. The molecule has 9 heteroatoms. The van der Waals surface area contributed by atoms with Crippen LogP contribution in [-0.4, -0.2) is 51.2 Å². The van der Waals surface area contributed by atoms with E-state index in [4.69, 9.17) is 9.26 Å². The second-order valence-corrected chi connectivity index (χ2v) is 6.20. The van der Waals surface area contributed by atoms with Crippen LogP contribution in [0.15, 0.2) is 15.6 Å². The lowest BCUT2D eigenvalue weighted by atomic mass is 10.0. The number of esters is 1. The molecule has 0 bridgehead atoms. The molecule has 1 saturated heterocycles. The molecule has 134 valence electrons. The number of hydrogen-bond donors (Lipinski definition) is 0. The van der Waals surface area contributed by atoms with Gasteiger partial charge in [-0.1, -0.05) is 12.1 Å². The molecule has 1 atom stereocenters. The number of carbonyl (C=O) groups excluding carboxylic acids is 2. The summed E-state index contributed by atoms with van der Waals surface area (Å²) in [5.41, 5.74) is -0.821. The van der Waals surface area contributed by atoms with E-state index < -0.39 is 11.5 Å². The Morgan fingerprint density at radius 3 is 2.96 bits per heavy atom. The first kappa shape index (κ1) is 17.1. The normalized spacial score (nSPS) is 17.7. The van der Waals surface area contributed by atoms with Crippen molar-refractivity contribution in [1.82, 2.24) is 19.6 Å². The highest BCUT2D eigenvalue weighted by molar-refractivity contribution is 5.99. The molecular weight excluding hydrogens is 328 g/mol. The van der Waals surface area contributed by atoms with Crippen LogP contribution in [0.3, 0.4) is 0 Å². The summed E-state index contributed by atoms with van der Waals surface area (Å²) in [6, 6.07) is 0. The minimum absolute atomic E-state index is 0.0525. The van der Waals surface area contributed by atoms with E-state index in [0.717, 1.165) is 12.8 Å². The lowest BCUT2D eigenvalue weighted by Crippen LogP contribution is -2.42. The van der Waals surface area contributed by atoms with Crippen molar-refractivity contribution in [3.05, 3.63) is 22.4 Å². The van der Waals surface area contributed by atoms with E-state index in [1.165, 1.54) is 10.9 Å². The van der Waals surface area contributed by atoms with E-state index in [2.05, 4.69) is 17.1 Å². The highest BCUT2D eigenvalue weighted by atomic mass is 16.5. The number of aromatic nitrogens is 3. The summed E-state index contributed by atoms with van der Waals surface area (Å²) in [5, 5.41) is 3.51. The first-order valence-corrected chi connectivity index (χ1v) is 8.31. The Morgan fingerprint density at radius 1 is 1.44 bits per heavy atom. The highest BCUT2D eigenvalue weighted by Gasteiger charge is 2.25. The zero-order chi connectivity index (χ0) is 18.0. The van der Waals surface area contributed by atoms with E-state index in [1.54, 1.807) is 11.8 Å². The van der Waals surface area contributed by atoms with Crippen LogP contribution in [0.25, 0.3) is 11.1 Å². The van der Waals surface area contributed by atoms with Crippen molar-refractivity contribution in [2.24, 2.45) is 5.92 Å². The number of nitrogens with zero attached hydrogens (tertiary/aromatic N) is 4. The first-order valence-electron chi connectivity index (χ1n) is 8.31. The minimum Gasteiger partial charge on any atom is -0.461 e. The predicted octanol–water partition coefficient (Wildman–Crippen LogP) is 0.820. The summed E-state index contributed by atoms with van der Waals surface area (Å²) in [6.45, 7) is 5.13. The van der Waals surface area contributed by atoms with Crippen molar-refractivity contribution < 1.29 is 18.8 Å². The quantitative estimate of drug-likeness (QED) is 0.753. The van der Waals surface area contributed by atoms with Crippen molar-refractivity contribution in [2.45, 2.75) is 33.2 Å². The molecule has 3 heterocycles. The lowest BCUT2D eigenvalue weighted by Gasteiger charge is -2.31. The number of ether oxygens (including phenoxy) is 1. The van der Waals surface area contributed by atoms with Gasteiger partial charge in [0.25, 0.3) is 11.3 Å². The maximum Gasteiger partial charge on any atom is 0.361 e. The number of piperidine rings is 1. The van der Waals surface area contributed by atoms with Gasteiger partial charge in [0.1, 0.15) is 18.3 Å². The van der Waals surface area contributed by atoms with E-state index in [-0.39, 0.29) is 35.9 Å². The Bertz CT molecular complexity index is 856. The summed E-state index contributed by atoms with van der Waals surface area (Å²) < 4.78 is 11.0. The average Bonchev–Trinajstić information content (AvgIpc) is 3.02. The molecule has 2 aromatic heterocycles. The second-order valence-electron chi connectivity index (χ2n) is 6.20. The van der Waals surface area contributed by atoms with Gasteiger partial charge in [0.15, 0.2) is 0 Å². The second kappa shape index (κ2) is 7.04. The molecule has 9 nitrogen and oxygen atoms in total. The SMILES string of the molecule is CCOC(=O)c1noc2ncn(CC(=O)N3CCC[C@H](C)C3)c(=O)c12. The van der Waals surface area contributed by atoms with E-state index in [9.17, 15) is 14.4 Å². The number of likely N-dealkylation sites (tertiary alicyclic amines) is 1. The third-order valence-electron chi connectivity index (χ3n) is 4.25. The molecule has 1 aliphatic heterocycles. The Kier molecular flexibility index (Phi) is 4.82. The van der Waals surface area contributed by atoms with Gasteiger partial charge in [0.2, 0.25) is 11.6 Å². The van der Waals surface area contributed by atoms with Crippen LogP contribution in [0.4, 0.5) is 0 Å². The predicted molar refractivity (Wildman–Crippen MR) is 87.0 cm³/mol. The third-order valence-corrected chi connectivity index (χ3v) is 4.25. The average molecular weight is 348 g/mol. The van der Waals surface area contributed by atoms with Crippen molar-refractivity contribution in [2.75, 3.05) is 19.7 Å². The molecule has 0 spiro atoms. The fourth-order valence-electron chi connectivity index (χ4n) is 2.99. The van der Waals surface area contributed by atoms with E-state index in [1.807, 2.05) is 0 Å². The maximum absolute atomic E-state index is 12.6. The molecule has 1 fully saturated rings. The van der Waals surface area contributed by atoms with Crippen LogP contribution in [0.5, 0.6) is 0 Å². The Hall–Kier alpha value is -2.71. The molecule has 25 heavy (non-hydrogen) atoms. The van der Waals surface area contributed by atoms with Crippen molar-refractivity contribution in [1.29, 1.82) is 0 Å². The maximum atomic E-state index is 12.6. The number of hydrogen-bond acceptors (Lipinski definition) is 7. The van der Waals surface area contributed by atoms with Gasteiger partial charge in [-0.3, -0.25) is 14.2 Å². The van der Waals surface area contributed by atoms with Gasteiger partial charge in [-0.15, -0.1) is 0 Å². The summed E-state index contributed by atoms with van der Waals surface area (Å²) in [5.74, 6) is -0.457. The molecule has 1 amide bonds. The molecule has 0 unspecified atom stereocenters. The van der Waals surface area contributed by atoms with Crippen LogP contribution in [0.2, 0.25) is 0 Å². The Labute approximate surface area is 143 Å². The van der Waals surface area contributed by atoms with Crippen LogP contribution in [-0.2, 0) is 16.1 Å². The van der Waals surface area contributed by atoms with Gasteiger partial charge < -0.3 is 14.2 Å². The first-order chi connectivity index (χ1) is 12.0. The zero-order valence-corrected chi connectivity index (χ0v) is 14.2. The van der Waals surface area contributed by atoms with E-state index >= 15 is 0 Å². The topological polar surface area (TPSA) is 108 Å². The fraction of sp³-hybridized carbons (Fsp3) is 0.562. The Balaban J connectivity index is 1.88. The molecule has 0 saturated carbocycles. The standard InChI is InChI=1S/C16H20N4O5/c1-3-24-16(23)13-12-14(25-18-13)17-9-20(15(12)22)8-11(21)19-6-4-5-10(2)7-19/h9-10H,3-8H2,1-2H3/t10-/m0/s1. The molecule has 1 aliphatic rings. The largest absolute Gasteiger partial charge is 0.461 e. The zero-order valence-electron chi connectivity index (χ0n) is 14.2. The third kappa shape index (κ3) is 3.40. The fourth-order valence-corrected chi connectivity index (χ4v) is 2.99. The Morgan fingerprint density at radius 2 is 2.24 bits per heavy atom. The van der Waals surface area contributed by atoms with Gasteiger partial charge in [0.05, 0.1) is 6.61 Å². The monoisotopic (exact) mass is 348 g/mol. The number of amides is 1. The molecule has 0 aliphatic carbocycles. The summed E-state index contributed by atoms with van der Waals surface area (Å²) in [6.07, 6.45) is 3.29. The van der Waals surface area contributed by atoms with Crippen LogP contribution < -0.4 is 5.56 Å². The molecule has 0 aromatic carbocycles. The molecular formula is C16H20N4O5. The van der Waals surface area contributed by atoms with Gasteiger partial charge in [0, 0.05) is 13.1 Å². The molecule has 3 rings (SSSR count). The smallest absolute Gasteiger partial charge is 0.361 e. The molecule has 2 aromatic rings. The van der Waals surface area contributed by atoms with E-state index in [0.29, 0.717) is 19.0 Å². The highest BCUT2D eigenvalue weighted by Crippen LogP contribution is 2.16. The number of rotatable bonds is 4. The van der Waals surface area contributed by atoms with Crippen molar-refractivity contribution in [3.63, 3.8) is 0 Å². The van der Waals surface area contributed by atoms with Crippen LogP contribution >= 0.6 is 0 Å². The number of carbonyl (C=O) groups is 2. The van der Waals surface area contributed by atoms with Gasteiger partial charge in [-0.25, -0.2) is 9.78 Å². The van der Waals surface area contributed by atoms with Gasteiger partial charge in [-0.05, 0) is 25.7 Å².